The van der Waals surface area contributed by atoms with E-state index in [-0.39, 0.29) is 0 Å². The van der Waals surface area contributed by atoms with Crippen LogP contribution >= 0.6 is 0 Å². The van der Waals surface area contributed by atoms with Gasteiger partial charge in [-0.05, 0) is 19.3 Å². The molecule has 0 aromatic carbocycles. The van der Waals surface area contributed by atoms with Gasteiger partial charge >= 0.3 is 0 Å². The molecule has 1 aliphatic carbocycles. The lowest BCUT2D eigenvalue weighted by Crippen LogP contribution is -2.50. The SMILES string of the molecule is CC[C@]1(O)CC[C@H]1O. The average molecular weight is 116 g/mol. The predicted octanol–water partition coefficient (Wildman–Crippen LogP) is 0.282. The molecular formula is C6H12O2. The summed E-state index contributed by atoms with van der Waals surface area (Å²) < 4.78 is 0. The minimum absolute atomic E-state index is 0.451. The van der Waals surface area contributed by atoms with Gasteiger partial charge in [0.1, 0.15) is 0 Å². The Labute approximate surface area is 49.1 Å². The van der Waals surface area contributed by atoms with Crippen LogP contribution in [0.4, 0.5) is 0 Å². The molecule has 0 saturated heterocycles. The largest absolute Gasteiger partial charge is 0.390 e. The van der Waals surface area contributed by atoms with Gasteiger partial charge in [-0.3, -0.25) is 0 Å². The Hall–Kier alpha value is -0.0800. The number of aliphatic hydroxyl groups is 2. The third-order valence-corrected chi connectivity index (χ3v) is 2.08. The summed E-state index contributed by atoms with van der Waals surface area (Å²) in [5, 5.41) is 18.2. The number of hydrogen-bond donors (Lipinski definition) is 2. The molecule has 2 heteroatoms. The summed E-state index contributed by atoms with van der Waals surface area (Å²) in [6, 6.07) is 0. The van der Waals surface area contributed by atoms with E-state index >= 15 is 0 Å². The van der Waals surface area contributed by atoms with Gasteiger partial charge in [0.15, 0.2) is 0 Å². The van der Waals surface area contributed by atoms with Crippen molar-refractivity contribution < 1.29 is 10.2 Å². The van der Waals surface area contributed by atoms with Crippen molar-refractivity contribution in [3.8, 4) is 0 Å². The first kappa shape index (κ1) is 6.05. The van der Waals surface area contributed by atoms with Gasteiger partial charge in [-0.2, -0.15) is 0 Å². The first-order valence-electron chi connectivity index (χ1n) is 3.09. The molecule has 0 spiro atoms. The Balaban J connectivity index is 2.42. The maximum atomic E-state index is 9.24. The zero-order valence-electron chi connectivity index (χ0n) is 5.09. The number of hydrogen-bond acceptors (Lipinski definition) is 2. The highest BCUT2D eigenvalue weighted by atomic mass is 16.3. The third kappa shape index (κ3) is 0.644. The fourth-order valence-corrected chi connectivity index (χ4v) is 1.02. The zero-order chi connectivity index (χ0) is 6.20. The molecule has 0 aromatic heterocycles. The number of rotatable bonds is 1. The van der Waals surface area contributed by atoms with Gasteiger partial charge < -0.3 is 10.2 Å². The van der Waals surface area contributed by atoms with Gasteiger partial charge in [0.05, 0.1) is 11.7 Å². The van der Waals surface area contributed by atoms with Crippen LogP contribution in [0.15, 0.2) is 0 Å². The molecule has 2 atom stereocenters. The molecule has 2 N–H and O–H groups in total. The van der Waals surface area contributed by atoms with E-state index in [9.17, 15) is 5.11 Å². The van der Waals surface area contributed by atoms with E-state index in [0.29, 0.717) is 6.42 Å². The molecule has 8 heavy (non-hydrogen) atoms. The molecule has 2 nitrogen and oxygen atoms in total. The van der Waals surface area contributed by atoms with Gasteiger partial charge in [0, 0.05) is 0 Å². The van der Waals surface area contributed by atoms with Crippen LogP contribution in [-0.4, -0.2) is 21.9 Å². The highest BCUT2D eigenvalue weighted by molar-refractivity contribution is 4.94. The lowest BCUT2D eigenvalue weighted by Gasteiger charge is -2.41. The Morgan fingerprint density at radius 2 is 2.38 bits per heavy atom. The molecule has 1 saturated carbocycles. The van der Waals surface area contributed by atoms with Crippen LogP contribution < -0.4 is 0 Å². The summed E-state index contributed by atoms with van der Waals surface area (Å²) in [5.41, 5.74) is -0.722. The van der Waals surface area contributed by atoms with E-state index in [4.69, 9.17) is 5.11 Å². The topological polar surface area (TPSA) is 40.5 Å². The van der Waals surface area contributed by atoms with Crippen LogP contribution in [0.1, 0.15) is 26.2 Å². The van der Waals surface area contributed by atoms with Crippen molar-refractivity contribution in [1.29, 1.82) is 0 Å². The molecule has 0 heterocycles. The molecule has 0 aliphatic heterocycles. The van der Waals surface area contributed by atoms with Gasteiger partial charge in [-0.15, -0.1) is 0 Å². The summed E-state index contributed by atoms with van der Waals surface area (Å²) in [6.07, 6.45) is 1.76. The normalized spacial score (nSPS) is 46.1. The van der Waals surface area contributed by atoms with Crippen molar-refractivity contribution >= 4 is 0 Å². The highest BCUT2D eigenvalue weighted by Gasteiger charge is 2.42. The first-order chi connectivity index (χ1) is 3.69. The van der Waals surface area contributed by atoms with Crippen LogP contribution in [0, 0.1) is 0 Å². The second-order valence-electron chi connectivity index (χ2n) is 2.51. The van der Waals surface area contributed by atoms with Crippen molar-refractivity contribution in [2.45, 2.75) is 37.9 Å². The zero-order valence-corrected chi connectivity index (χ0v) is 5.09. The Bertz CT molecular complexity index is 88.5. The minimum atomic E-state index is -0.722. The third-order valence-electron chi connectivity index (χ3n) is 2.08. The molecule has 1 fully saturated rings. The molecule has 0 amide bonds. The fourth-order valence-electron chi connectivity index (χ4n) is 1.02. The maximum absolute atomic E-state index is 9.24. The van der Waals surface area contributed by atoms with Crippen LogP contribution in [0.25, 0.3) is 0 Å². The Morgan fingerprint density at radius 3 is 2.38 bits per heavy atom. The van der Waals surface area contributed by atoms with Crippen molar-refractivity contribution in [1.82, 2.24) is 0 Å². The van der Waals surface area contributed by atoms with E-state index in [1.54, 1.807) is 0 Å². The van der Waals surface area contributed by atoms with Crippen molar-refractivity contribution in [2.24, 2.45) is 0 Å². The monoisotopic (exact) mass is 116 g/mol. The summed E-state index contributed by atoms with van der Waals surface area (Å²) in [4.78, 5) is 0. The molecule has 1 aliphatic rings. The quantitative estimate of drug-likeness (QED) is 0.516. The summed E-state index contributed by atoms with van der Waals surface area (Å²) >= 11 is 0. The van der Waals surface area contributed by atoms with E-state index < -0.39 is 11.7 Å². The van der Waals surface area contributed by atoms with Crippen LogP contribution in [0.3, 0.4) is 0 Å². The highest BCUT2D eigenvalue weighted by Crippen LogP contribution is 2.34. The van der Waals surface area contributed by atoms with E-state index in [0.717, 1.165) is 12.8 Å². The van der Waals surface area contributed by atoms with Gasteiger partial charge in [-0.25, -0.2) is 0 Å². The second-order valence-corrected chi connectivity index (χ2v) is 2.51. The molecule has 0 radical (unpaired) electrons. The maximum Gasteiger partial charge on any atom is 0.0903 e. The Kier molecular flexibility index (Phi) is 1.29. The molecule has 48 valence electrons. The second kappa shape index (κ2) is 1.71. The lowest BCUT2D eigenvalue weighted by atomic mass is 9.75. The summed E-state index contributed by atoms with van der Waals surface area (Å²) in [7, 11) is 0. The van der Waals surface area contributed by atoms with E-state index in [1.807, 2.05) is 6.92 Å². The molecule has 1 rings (SSSR count). The standard InChI is InChI=1S/C6H12O2/c1-2-6(8)4-3-5(6)7/h5,7-8H,2-4H2,1H3/t5-,6+/m1/s1. The molecule has 0 unspecified atom stereocenters. The van der Waals surface area contributed by atoms with E-state index in [1.165, 1.54) is 0 Å². The van der Waals surface area contributed by atoms with Crippen molar-refractivity contribution in [2.75, 3.05) is 0 Å². The van der Waals surface area contributed by atoms with Gasteiger partial charge in [0.2, 0.25) is 0 Å². The van der Waals surface area contributed by atoms with Gasteiger partial charge in [-0.1, -0.05) is 6.92 Å². The summed E-state index contributed by atoms with van der Waals surface area (Å²) in [5.74, 6) is 0. The number of aliphatic hydroxyl groups excluding tert-OH is 1. The van der Waals surface area contributed by atoms with Gasteiger partial charge in [0.25, 0.3) is 0 Å². The predicted molar refractivity (Wildman–Crippen MR) is 30.5 cm³/mol. The fraction of sp³-hybridized carbons (Fsp3) is 1.00. The average Bonchev–Trinajstić information content (AvgIpc) is 1.83. The van der Waals surface area contributed by atoms with Crippen molar-refractivity contribution in [3.05, 3.63) is 0 Å². The first-order valence-corrected chi connectivity index (χ1v) is 3.09. The smallest absolute Gasteiger partial charge is 0.0903 e. The van der Waals surface area contributed by atoms with E-state index in [2.05, 4.69) is 0 Å². The lowest BCUT2D eigenvalue weighted by molar-refractivity contribution is -0.145. The minimum Gasteiger partial charge on any atom is -0.390 e. The molecule has 0 aromatic rings. The summed E-state index contributed by atoms with van der Waals surface area (Å²) in [6.45, 7) is 1.89. The molecular weight excluding hydrogens is 104 g/mol. The van der Waals surface area contributed by atoms with Crippen LogP contribution in [0.5, 0.6) is 0 Å². The molecule has 0 bridgehead atoms. The van der Waals surface area contributed by atoms with Crippen LogP contribution in [0.2, 0.25) is 0 Å². The van der Waals surface area contributed by atoms with Crippen molar-refractivity contribution in [3.63, 3.8) is 0 Å². The van der Waals surface area contributed by atoms with Crippen LogP contribution in [-0.2, 0) is 0 Å². The Morgan fingerprint density at radius 1 is 1.75 bits per heavy atom.